The van der Waals surface area contributed by atoms with Crippen LogP contribution >= 0.6 is 12.4 Å². The standard InChI is InChI=1S/C13H18F2N2.ClH/c1-16-11-5-7-17(8-6-11)9-10-3-2-4-12(14)13(10)15;/h2-4,11,16H,5-9H2,1H3;1H. The molecule has 1 N–H and O–H groups in total. The Kier molecular flexibility index (Phi) is 5.99. The minimum absolute atomic E-state index is 0. The maximum Gasteiger partial charge on any atom is 0.163 e. The highest BCUT2D eigenvalue weighted by atomic mass is 35.5. The molecule has 0 aliphatic carbocycles. The SMILES string of the molecule is CNC1CCN(Cc2cccc(F)c2F)CC1.Cl. The molecule has 1 heterocycles. The van der Waals surface area contributed by atoms with Crippen LogP contribution in [-0.4, -0.2) is 31.1 Å². The van der Waals surface area contributed by atoms with Gasteiger partial charge in [-0.25, -0.2) is 8.78 Å². The molecular formula is C13H19ClF2N2. The summed E-state index contributed by atoms with van der Waals surface area (Å²) < 4.78 is 26.5. The van der Waals surface area contributed by atoms with Crippen LogP contribution in [0, 0.1) is 11.6 Å². The van der Waals surface area contributed by atoms with Gasteiger partial charge >= 0.3 is 0 Å². The molecule has 0 atom stereocenters. The van der Waals surface area contributed by atoms with Gasteiger partial charge in [0.1, 0.15) is 0 Å². The number of hydrogen-bond acceptors (Lipinski definition) is 2. The molecule has 1 aromatic rings. The molecule has 0 unspecified atom stereocenters. The molecule has 5 heteroatoms. The Balaban J connectivity index is 0.00000162. The lowest BCUT2D eigenvalue weighted by atomic mass is 10.0. The molecule has 1 aromatic carbocycles. The van der Waals surface area contributed by atoms with E-state index < -0.39 is 11.6 Å². The summed E-state index contributed by atoms with van der Waals surface area (Å²) in [6.45, 7) is 2.36. The largest absolute Gasteiger partial charge is 0.317 e. The van der Waals surface area contributed by atoms with Gasteiger partial charge in [-0.3, -0.25) is 4.90 Å². The van der Waals surface area contributed by atoms with E-state index in [4.69, 9.17) is 0 Å². The van der Waals surface area contributed by atoms with E-state index in [0.717, 1.165) is 32.0 Å². The summed E-state index contributed by atoms with van der Waals surface area (Å²) >= 11 is 0. The lowest BCUT2D eigenvalue weighted by molar-refractivity contribution is 0.192. The summed E-state index contributed by atoms with van der Waals surface area (Å²) in [6.07, 6.45) is 2.13. The molecule has 1 aliphatic rings. The van der Waals surface area contributed by atoms with Crippen molar-refractivity contribution in [2.45, 2.75) is 25.4 Å². The molecule has 0 aromatic heterocycles. The Bertz CT molecular complexity index is 379. The van der Waals surface area contributed by atoms with Crippen LogP contribution < -0.4 is 5.32 Å². The van der Waals surface area contributed by atoms with Crippen molar-refractivity contribution in [1.82, 2.24) is 10.2 Å². The first-order valence-electron chi connectivity index (χ1n) is 6.03. The molecule has 1 fully saturated rings. The normalized spacial score (nSPS) is 17.5. The number of nitrogens with one attached hydrogen (secondary N) is 1. The smallest absolute Gasteiger partial charge is 0.163 e. The molecule has 0 bridgehead atoms. The highest BCUT2D eigenvalue weighted by molar-refractivity contribution is 5.85. The van der Waals surface area contributed by atoms with Crippen LogP contribution in [0.4, 0.5) is 8.78 Å². The van der Waals surface area contributed by atoms with Gasteiger partial charge in [0.15, 0.2) is 11.6 Å². The molecule has 2 nitrogen and oxygen atoms in total. The first-order chi connectivity index (χ1) is 8.20. The third kappa shape index (κ3) is 3.64. The summed E-state index contributed by atoms with van der Waals surface area (Å²) in [4.78, 5) is 2.17. The van der Waals surface area contributed by atoms with Crippen molar-refractivity contribution >= 4 is 12.4 Å². The van der Waals surface area contributed by atoms with Gasteiger partial charge in [0, 0.05) is 18.2 Å². The van der Waals surface area contributed by atoms with Crippen molar-refractivity contribution in [2.24, 2.45) is 0 Å². The molecule has 0 amide bonds. The first kappa shape index (κ1) is 15.3. The van der Waals surface area contributed by atoms with Crippen molar-refractivity contribution in [3.05, 3.63) is 35.4 Å². The van der Waals surface area contributed by atoms with Crippen molar-refractivity contribution in [3.63, 3.8) is 0 Å². The van der Waals surface area contributed by atoms with Gasteiger partial charge in [0.25, 0.3) is 0 Å². The molecule has 1 saturated heterocycles. The molecule has 0 radical (unpaired) electrons. The van der Waals surface area contributed by atoms with Gasteiger partial charge in [-0.05, 0) is 39.0 Å². The zero-order valence-corrected chi connectivity index (χ0v) is 11.3. The third-order valence-electron chi connectivity index (χ3n) is 3.42. The quantitative estimate of drug-likeness (QED) is 0.913. The third-order valence-corrected chi connectivity index (χ3v) is 3.42. The minimum Gasteiger partial charge on any atom is -0.317 e. The van der Waals surface area contributed by atoms with Gasteiger partial charge in [0.2, 0.25) is 0 Å². The fraction of sp³-hybridized carbons (Fsp3) is 0.538. The van der Waals surface area contributed by atoms with Gasteiger partial charge in [-0.15, -0.1) is 12.4 Å². The second-order valence-electron chi connectivity index (χ2n) is 4.55. The number of benzene rings is 1. The Labute approximate surface area is 113 Å². The number of nitrogens with zero attached hydrogens (tertiary/aromatic N) is 1. The van der Waals surface area contributed by atoms with E-state index in [1.807, 2.05) is 7.05 Å². The summed E-state index contributed by atoms with van der Waals surface area (Å²) in [6, 6.07) is 4.94. The van der Waals surface area contributed by atoms with Crippen LogP contribution in [0.25, 0.3) is 0 Å². The number of rotatable bonds is 3. The van der Waals surface area contributed by atoms with Gasteiger partial charge in [0.05, 0.1) is 0 Å². The molecule has 2 rings (SSSR count). The summed E-state index contributed by atoms with van der Waals surface area (Å²) in [5.74, 6) is -1.46. The van der Waals surface area contributed by atoms with E-state index in [9.17, 15) is 8.78 Å². The second kappa shape index (κ2) is 7.02. The number of halogens is 3. The Morgan fingerprint density at radius 2 is 1.94 bits per heavy atom. The summed E-state index contributed by atoms with van der Waals surface area (Å²) in [5.41, 5.74) is 0.452. The zero-order chi connectivity index (χ0) is 12.3. The molecule has 1 aliphatic heterocycles. The van der Waals surface area contributed by atoms with E-state index in [0.29, 0.717) is 18.2 Å². The molecular weight excluding hydrogens is 258 g/mol. The fourth-order valence-corrected chi connectivity index (χ4v) is 2.29. The van der Waals surface area contributed by atoms with Crippen molar-refractivity contribution in [3.8, 4) is 0 Å². The predicted molar refractivity (Wildman–Crippen MR) is 71.0 cm³/mol. The second-order valence-corrected chi connectivity index (χ2v) is 4.55. The van der Waals surface area contributed by atoms with Crippen molar-refractivity contribution in [2.75, 3.05) is 20.1 Å². The highest BCUT2D eigenvalue weighted by Gasteiger charge is 2.19. The van der Waals surface area contributed by atoms with E-state index in [2.05, 4.69) is 10.2 Å². The summed E-state index contributed by atoms with van der Waals surface area (Å²) in [7, 11) is 1.96. The average molecular weight is 277 g/mol. The Hall–Kier alpha value is -0.710. The Morgan fingerprint density at radius 1 is 1.28 bits per heavy atom. The van der Waals surface area contributed by atoms with Gasteiger partial charge in [-0.1, -0.05) is 12.1 Å². The number of piperidine rings is 1. The maximum absolute atomic E-state index is 13.5. The molecule has 102 valence electrons. The lowest BCUT2D eigenvalue weighted by Gasteiger charge is -2.31. The van der Waals surface area contributed by atoms with E-state index >= 15 is 0 Å². The van der Waals surface area contributed by atoms with E-state index in [-0.39, 0.29) is 12.4 Å². The van der Waals surface area contributed by atoms with Crippen LogP contribution in [-0.2, 0) is 6.54 Å². The van der Waals surface area contributed by atoms with Gasteiger partial charge in [-0.2, -0.15) is 0 Å². The van der Waals surface area contributed by atoms with E-state index in [1.54, 1.807) is 12.1 Å². The Morgan fingerprint density at radius 3 is 2.56 bits per heavy atom. The van der Waals surface area contributed by atoms with Crippen molar-refractivity contribution in [1.29, 1.82) is 0 Å². The van der Waals surface area contributed by atoms with Gasteiger partial charge < -0.3 is 5.32 Å². The predicted octanol–water partition coefficient (Wildman–Crippen LogP) is 2.57. The lowest BCUT2D eigenvalue weighted by Crippen LogP contribution is -2.40. The monoisotopic (exact) mass is 276 g/mol. The zero-order valence-electron chi connectivity index (χ0n) is 10.5. The first-order valence-corrected chi connectivity index (χ1v) is 6.03. The number of hydrogen-bond donors (Lipinski definition) is 1. The van der Waals surface area contributed by atoms with Crippen LogP contribution in [0.5, 0.6) is 0 Å². The highest BCUT2D eigenvalue weighted by Crippen LogP contribution is 2.17. The van der Waals surface area contributed by atoms with Crippen LogP contribution in [0.2, 0.25) is 0 Å². The average Bonchev–Trinajstić information content (AvgIpc) is 2.36. The van der Waals surface area contributed by atoms with Crippen molar-refractivity contribution < 1.29 is 8.78 Å². The van der Waals surface area contributed by atoms with Crippen LogP contribution in [0.1, 0.15) is 18.4 Å². The fourth-order valence-electron chi connectivity index (χ4n) is 2.29. The molecule has 18 heavy (non-hydrogen) atoms. The van der Waals surface area contributed by atoms with Crippen LogP contribution in [0.3, 0.4) is 0 Å². The van der Waals surface area contributed by atoms with E-state index in [1.165, 1.54) is 0 Å². The molecule has 0 spiro atoms. The van der Waals surface area contributed by atoms with Crippen LogP contribution in [0.15, 0.2) is 18.2 Å². The minimum atomic E-state index is -0.757. The molecule has 0 saturated carbocycles. The topological polar surface area (TPSA) is 15.3 Å². The number of likely N-dealkylation sites (tertiary alicyclic amines) is 1. The summed E-state index contributed by atoms with van der Waals surface area (Å²) in [5, 5.41) is 3.25. The maximum atomic E-state index is 13.5.